The molecule has 0 bridgehead atoms. The first-order valence-corrected chi connectivity index (χ1v) is 8.94. The van der Waals surface area contributed by atoms with Crippen molar-refractivity contribution in [2.24, 2.45) is 5.92 Å². The van der Waals surface area contributed by atoms with Gasteiger partial charge in [0.2, 0.25) is 0 Å². The number of nitrogens with zero attached hydrogens (tertiary/aromatic N) is 2. The fourth-order valence-corrected chi connectivity index (χ4v) is 4.00. The van der Waals surface area contributed by atoms with E-state index in [-0.39, 0.29) is 0 Å². The molecule has 0 radical (unpaired) electrons. The lowest BCUT2D eigenvalue weighted by molar-refractivity contribution is 0.118. The van der Waals surface area contributed by atoms with Crippen LogP contribution in [0.3, 0.4) is 0 Å². The Morgan fingerprint density at radius 1 is 1.00 bits per heavy atom. The molecule has 0 aromatic rings. The van der Waals surface area contributed by atoms with Crippen LogP contribution >= 0.6 is 0 Å². The van der Waals surface area contributed by atoms with Crippen molar-refractivity contribution in [3.8, 4) is 0 Å². The molecule has 0 amide bonds. The maximum atomic E-state index is 3.30. The summed E-state index contributed by atoms with van der Waals surface area (Å²) in [6, 6.07) is 0.877. The summed E-state index contributed by atoms with van der Waals surface area (Å²) in [5, 5.41) is 3.30. The van der Waals surface area contributed by atoms with E-state index in [0.717, 1.165) is 12.0 Å². The molecule has 0 aromatic heterocycles. The zero-order valence-electron chi connectivity index (χ0n) is 13.7. The third-order valence-electron chi connectivity index (χ3n) is 5.30. The van der Waals surface area contributed by atoms with E-state index < -0.39 is 0 Å². The Morgan fingerprint density at radius 3 is 2.50 bits per heavy atom. The molecule has 3 nitrogen and oxygen atoms in total. The van der Waals surface area contributed by atoms with Crippen molar-refractivity contribution in [2.45, 2.75) is 57.9 Å². The number of hydrogen-bond acceptors (Lipinski definition) is 3. The second-order valence-corrected chi connectivity index (χ2v) is 6.80. The highest BCUT2D eigenvalue weighted by Crippen LogP contribution is 2.25. The fourth-order valence-electron chi connectivity index (χ4n) is 4.00. The second kappa shape index (κ2) is 9.01. The number of piperidine rings is 1. The quantitative estimate of drug-likeness (QED) is 0.807. The molecule has 2 heterocycles. The van der Waals surface area contributed by atoms with Gasteiger partial charge in [0.05, 0.1) is 0 Å². The first kappa shape index (κ1) is 16.3. The Hall–Kier alpha value is -0.120. The van der Waals surface area contributed by atoms with Crippen LogP contribution in [0, 0.1) is 5.92 Å². The lowest BCUT2D eigenvalue weighted by Crippen LogP contribution is -2.42. The first-order chi connectivity index (χ1) is 9.83. The number of nitrogens with one attached hydrogen (secondary N) is 1. The summed E-state index contributed by atoms with van der Waals surface area (Å²) in [7, 11) is 2.07. The van der Waals surface area contributed by atoms with Crippen LogP contribution in [0.5, 0.6) is 0 Å². The van der Waals surface area contributed by atoms with Crippen LogP contribution in [0.4, 0.5) is 0 Å². The van der Waals surface area contributed by atoms with Gasteiger partial charge < -0.3 is 15.1 Å². The zero-order valence-corrected chi connectivity index (χ0v) is 13.7. The van der Waals surface area contributed by atoms with Crippen LogP contribution in [-0.4, -0.2) is 62.2 Å². The van der Waals surface area contributed by atoms with E-state index in [4.69, 9.17) is 0 Å². The Kier molecular flexibility index (Phi) is 7.32. The van der Waals surface area contributed by atoms with Gasteiger partial charge in [-0.1, -0.05) is 6.92 Å². The summed E-state index contributed by atoms with van der Waals surface area (Å²) in [5.41, 5.74) is 0. The molecule has 2 aliphatic rings. The minimum absolute atomic E-state index is 0.877. The van der Waals surface area contributed by atoms with Gasteiger partial charge >= 0.3 is 0 Å². The maximum Gasteiger partial charge on any atom is 0.0108 e. The van der Waals surface area contributed by atoms with Gasteiger partial charge in [-0.3, -0.25) is 0 Å². The van der Waals surface area contributed by atoms with Gasteiger partial charge in [0.25, 0.3) is 0 Å². The van der Waals surface area contributed by atoms with Crippen molar-refractivity contribution in [3.05, 3.63) is 0 Å². The van der Waals surface area contributed by atoms with Gasteiger partial charge in [-0.25, -0.2) is 0 Å². The van der Waals surface area contributed by atoms with Crippen molar-refractivity contribution in [2.75, 3.05) is 46.3 Å². The lowest BCUT2D eigenvalue weighted by atomic mass is 9.92. The van der Waals surface area contributed by atoms with Crippen molar-refractivity contribution in [3.63, 3.8) is 0 Å². The van der Waals surface area contributed by atoms with Crippen LogP contribution in [0.1, 0.15) is 51.9 Å². The van der Waals surface area contributed by atoms with E-state index in [1.165, 1.54) is 84.2 Å². The van der Waals surface area contributed by atoms with Gasteiger partial charge in [0, 0.05) is 6.04 Å². The highest BCUT2D eigenvalue weighted by molar-refractivity contribution is 4.82. The average Bonchev–Trinajstić information content (AvgIpc) is 2.72. The van der Waals surface area contributed by atoms with E-state index in [0.29, 0.717) is 0 Å². The van der Waals surface area contributed by atoms with E-state index in [1.54, 1.807) is 0 Å². The molecule has 2 rings (SSSR count). The number of likely N-dealkylation sites (tertiary alicyclic amines) is 2. The lowest BCUT2D eigenvalue weighted by Gasteiger charge is -2.37. The van der Waals surface area contributed by atoms with Gasteiger partial charge in [-0.2, -0.15) is 0 Å². The van der Waals surface area contributed by atoms with Gasteiger partial charge in [-0.15, -0.1) is 0 Å². The largest absolute Gasteiger partial charge is 0.320 e. The van der Waals surface area contributed by atoms with Crippen LogP contribution in [-0.2, 0) is 0 Å². The highest BCUT2D eigenvalue weighted by Gasteiger charge is 2.26. The molecule has 1 atom stereocenters. The standard InChI is InChI=1S/C17H35N3/c1-3-11-19-12-4-5-17(9-13-19)20-14-7-16(8-15-20)6-10-18-2/h16-18H,3-15H2,1-2H3. The Labute approximate surface area is 126 Å². The Bertz CT molecular complexity index is 249. The second-order valence-electron chi connectivity index (χ2n) is 6.80. The maximum absolute atomic E-state index is 3.30. The predicted octanol–water partition coefficient (Wildman–Crippen LogP) is 2.57. The zero-order chi connectivity index (χ0) is 14.2. The van der Waals surface area contributed by atoms with Gasteiger partial charge in [-0.05, 0) is 97.2 Å². The molecule has 0 spiro atoms. The van der Waals surface area contributed by atoms with Crippen molar-refractivity contribution < 1.29 is 0 Å². The predicted molar refractivity (Wildman–Crippen MR) is 87.2 cm³/mol. The summed E-state index contributed by atoms with van der Waals surface area (Å²) in [4.78, 5) is 5.49. The molecule has 3 heteroatoms. The summed E-state index contributed by atoms with van der Waals surface area (Å²) in [5.74, 6) is 0.973. The fraction of sp³-hybridized carbons (Fsp3) is 1.00. The first-order valence-electron chi connectivity index (χ1n) is 8.94. The van der Waals surface area contributed by atoms with Crippen molar-refractivity contribution in [1.29, 1.82) is 0 Å². The third kappa shape index (κ3) is 5.01. The van der Waals surface area contributed by atoms with Crippen molar-refractivity contribution in [1.82, 2.24) is 15.1 Å². The minimum atomic E-state index is 0.877. The van der Waals surface area contributed by atoms with Gasteiger partial charge in [0.15, 0.2) is 0 Å². The molecule has 2 fully saturated rings. The minimum Gasteiger partial charge on any atom is -0.320 e. The Morgan fingerprint density at radius 2 is 1.80 bits per heavy atom. The summed E-state index contributed by atoms with van der Waals surface area (Å²) < 4.78 is 0. The number of rotatable bonds is 6. The smallest absolute Gasteiger partial charge is 0.0108 e. The van der Waals surface area contributed by atoms with Crippen LogP contribution in [0.15, 0.2) is 0 Å². The monoisotopic (exact) mass is 281 g/mol. The summed E-state index contributed by atoms with van der Waals surface area (Å²) >= 11 is 0. The van der Waals surface area contributed by atoms with Crippen molar-refractivity contribution >= 4 is 0 Å². The summed E-state index contributed by atoms with van der Waals surface area (Å²) in [6.07, 6.45) is 9.78. The SMILES string of the molecule is CCCN1CCCC(N2CCC(CCNC)CC2)CC1. The molecule has 1 N–H and O–H groups in total. The van der Waals surface area contributed by atoms with Crippen LogP contribution < -0.4 is 5.32 Å². The number of hydrogen-bond donors (Lipinski definition) is 1. The highest BCUT2D eigenvalue weighted by atomic mass is 15.2. The normalized spacial score (nSPS) is 27.6. The van der Waals surface area contributed by atoms with E-state index >= 15 is 0 Å². The average molecular weight is 281 g/mol. The molecule has 2 saturated heterocycles. The van der Waals surface area contributed by atoms with Crippen LogP contribution in [0.25, 0.3) is 0 Å². The molecule has 0 saturated carbocycles. The molecule has 0 aliphatic carbocycles. The topological polar surface area (TPSA) is 18.5 Å². The van der Waals surface area contributed by atoms with E-state index in [1.807, 2.05) is 0 Å². The van der Waals surface area contributed by atoms with Crippen LogP contribution in [0.2, 0.25) is 0 Å². The molecule has 0 aromatic carbocycles. The molecular formula is C17H35N3. The van der Waals surface area contributed by atoms with Gasteiger partial charge in [0.1, 0.15) is 0 Å². The molecule has 2 aliphatic heterocycles. The summed E-state index contributed by atoms with van der Waals surface area (Å²) in [6.45, 7) is 10.2. The van der Waals surface area contributed by atoms with E-state index in [9.17, 15) is 0 Å². The molecule has 1 unspecified atom stereocenters. The van der Waals surface area contributed by atoms with E-state index in [2.05, 4.69) is 29.1 Å². The molecule has 20 heavy (non-hydrogen) atoms. The molecule has 118 valence electrons. The Balaban J connectivity index is 1.70. The molecular weight excluding hydrogens is 246 g/mol. The third-order valence-corrected chi connectivity index (χ3v) is 5.30.